The number of piperidine rings is 1. The predicted molar refractivity (Wildman–Crippen MR) is 256 cm³/mol. The van der Waals surface area contributed by atoms with Crippen molar-refractivity contribution in [2.24, 2.45) is 0 Å². The summed E-state index contributed by atoms with van der Waals surface area (Å²) in [6.45, 7) is 25.7. The highest BCUT2D eigenvalue weighted by Crippen LogP contribution is 2.40. The fraction of sp³-hybridized carbons (Fsp3) is 0.543. The van der Waals surface area contributed by atoms with E-state index in [1.807, 2.05) is 0 Å². The molecule has 7 N–H and O–H groups in total. The number of anilines is 2. The van der Waals surface area contributed by atoms with Crippen LogP contribution in [0, 0.1) is 11.6 Å². The lowest BCUT2D eigenvalue weighted by Crippen LogP contribution is -2.67. The molecule has 1 aliphatic rings. The van der Waals surface area contributed by atoms with Crippen molar-refractivity contribution in [1.29, 1.82) is 0 Å². The summed E-state index contributed by atoms with van der Waals surface area (Å²) in [5.41, 5.74) is 11.2. The number of rotatable bonds is 14. The van der Waals surface area contributed by atoms with E-state index < -0.39 is 75.5 Å². The molecule has 16 nitrogen and oxygen atoms in total. The maximum absolute atomic E-state index is 14.4. The Kier molecular flexibility index (Phi) is 15.1. The number of nitrogens with two attached hydrogens (primary N) is 2. The topological polar surface area (TPSA) is 214 Å². The summed E-state index contributed by atoms with van der Waals surface area (Å²) in [4.78, 5) is 44.5. The Balaban J connectivity index is 1.58. The first-order valence-corrected chi connectivity index (χ1v) is 28.0. The minimum atomic E-state index is -2.53. The number of hydrogen-bond acceptors (Lipinski definition) is 11. The first kappa shape index (κ1) is 51.8. The molecule has 66 heavy (non-hydrogen) atoms. The van der Waals surface area contributed by atoms with Gasteiger partial charge in [0.15, 0.2) is 16.6 Å². The summed E-state index contributed by atoms with van der Waals surface area (Å²) in [5, 5.41) is 27.3. The van der Waals surface area contributed by atoms with Gasteiger partial charge in [-0.25, -0.2) is 22.9 Å². The molecule has 4 unspecified atom stereocenters. The van der Waals surface area contributed by atoms with Crippen LogP contribution in [-0.4, -0.2) is 113 Å². The zero-order chi connectivity index (χ0) is 49.4. The molecule has 1 fully saturated rings. The number of amides is 3. The number of aliphatic hydroxyl groups is 1. The molecular weight excluding hydrogens is 885 g/mol. The Hall–Kier alpha value is -5.16. The number of carbonyl (C=O) groups is 3. The zero-order valence-electron chi connectivity index (χ0n) is 40.6. The van der Waals surface area contributed by atoms with Crippen LogP contribution in [0.25, 0.3) is 11.4 Å². The Bertz CT molecular complexity index is 2350. The van der Waals surface area contributed by atoms with Gasteiger partial charge < -0.3 is 45.7 Å². The summed E-state index contributed by atoms with van der Waals surface area (Å²) in [6, 6.07) is 7.87. The molecule has 0 spiro atoms. The van der Waals surface area contributed by atoms with Gasteiger partial charge in [0.05, 0.1) is 60.7 Å². The maximum atomic E-state index is 14.4. The number of nitrogen functional groups attached to an aromatic ring is 2. The van der Waals surface area contributed by atoms with Gasteiger partial charge in [-0.2, -0.15) is 10.2 Å². The largest absolute Gasteiger partial charge is 0.444 e. The molecule has 1 saturated heterocycles. The van der Waals surface area contributed by atoms with Crippen molar-refractivity contribution < 1.29 is 41.9 Å². The molecular formula is C46H69F2N9O7Si2. The van der Waals surface area contributed by atoms with Gasteiger partial charge in [0, 0.05) is 13.0 Å². The van der Waals surface area contributed by atoms with Crippen molar-refractivity contribution in [3.63, 3.8) is 0 Å². The minimum Gasteiger partial charge on any atom is -0.444 e. The van der Waals surface area contributed by atoms with Crippen LogP contribution in [0.4, 0.5) is 25.2 Å². The van der Waals surface area contributed by atoms with Gasteiger partial charge in [0.25, 0.3) is 11.8 Å². The van der Waals surface area contributed by atoms with E-state index >= 15 is 0 Å². The normalized spacial score (nSPS) is 18.4. The van der Waals surface area contributed by atoms with Gasteiger partial charge in [-0.15, -0.1) is 0 Å². The number of hydrogen-bond donors (Lipinski definition) is 5. The highest BCUT2D eigenvalue weighted by molar-refractivity contribution is 6.74. The van der Waals surface area contributed by atoms with Crippen LogP contribution in [0.2, 0.25) is 36.3 Å². The van der Waals surface area contributed by atoms with Crippen LogP contribution < -0.4 is 22.1 Å². The lowest BCUT2D eigenvalue weighted by molar-refractivity contribution is -0.0875. The third-order valence-corrected chi connectivity index (χ3v) is 22.2. The van der Waals surface area contributed by atoms with Crippen molar-refractivity contribution in [3.8, 4) is 11.4 Å². The lowest BCUT2D eigenvalue weighted by atomic mass is 9.78. The number of nitrogens with zero attached hydrogens (tertiary/aromatic N) is 5. The van der Waals surface area contributed by atoms with Crippen molar-refractivity contribution in [1.82, 2.24) is 35.1 Å². The van der Waals surface area contributed by atoms with E-state index in [1.165, 1.54) is 75.2 Å². The first-order valence-electron chi connectivity index (χ1n) is 22.1. The zero-order valence-corrected chi connectivity index (χ0v) is 42.6. The van der Waals surface area contributed by atoms with Gasteiger partial charge >= 0.3 is 6.09 Å². The molecule has 4 aromatic rings. The Morgan fingerprint density at radius 2 is 1.18 bits per heavy atom. The van der Waals surface area contributed by atoms with Crippen LogP contribution in [0.15, 0.2) is 60.9 Å². The molecule has 20 heteroatoms. The maximum Gasteiger partial charge on any atom is 0.410 e. The summed E-state index contributed by atoms with van der Waals surface area (Å²) >= 11 is 0. The quantitative estimate of drug-likeness (QED) is 0.0778. The highest BCUT2D eigenvalue weighted by Gasteiger charge is 2.51. The Labute approximate surface area is 389 Å². The molecule has 0 aliphatic carbocycles. The van der Waals surface area contributed by atoms with E-state index in [2.05, 4.69) is 88.6 Å². The van der Waals surface area contributed by atoms with Gasteiger partial charge in [-0.05, 0) is 112 Å². The van der Waals surface area contributed by atoms with E-state index in [0.717, 1.165) is 0 Å². The highest BCUT2D eigenvalue weighted by atomic mass is 28.4. The van der Waals surface area contributed by atoms with Crippen molar-refractivity contribution in [2.75, 3.05) is 31.2 Å². The molecule has 4 atom stereocenters. The Morgan fingerprint density at radius 3 is 1.61 bits per heavy atom. The van der Waals surface area contributed by atoms with Crippen molar-refractivity contribution >= 4 is 46.2 Å². The molecule has 0 bridgehead atoms. The minimum absolute atomic E-state index is 0.00896. The lowest BCUT2D eigenvalue weighted by Gasteiger charge is -2.50. The number of halogens is 2. The van der Waals surface area contributed by atoms with E-state index in [9.17, 15) is 28.3 Å². The van der Waals surface area contributed by atoms with Gasteiger partial charge in [-0.3, -0.25) is 9.59 Å². The van der Waals surface area contributed by atoms with E-state index in [-0.39, 0.29) is 65.4 Å². The van der Waals surface area contributed by atoms with Crippen LogP contribution >= 0.6 is 0 Å². The second kappa shape index (κ2) is 19.2. The summed E-state index contributed by atoms with van der Waals surface area (Å²) in [6.07, 6.45) is 1.71. The summed E-state index contributed by atoms with van der Waals surface area (Å²) < 4.78 is 49.6. The number of aromatic nitrogens is 4. The average molecular weight is 954 g/mol. The standard InChI is InChI=1S/C46H69F2N9O7Si2/c1-43(2,3)64-42(60)55-23-22-46(61,37(28-63-66(12,13)45(7,8)9)54-41(59)34-26-52-57(39(34)50)32-20-16-30(48)17-21-32)24-36(55)35(27-62-65(10,11)44(4,5)6)53-40(58)33-25-51-56(38(33)49)31-18-14-29(47)15-19-31/h14-21,25-26,35-37,61H,22-24,27-28,49-50H2,1-13H3,(H,53,58)(H,54,59). The molecule has 2 aromatic carbocycles. The van der Waals surface area contributed by atoms with E-state index in [0.29, 0.717) is 11.4 Å². The Morgan fingerprint density at radius 1 is 0.758 bits per heavy atom. The fourth-order valence-corrected chi connectivity index (χ4v) is 9.05. The second-order valence-corrected chi connectivity index (χ2v) is 30.8. The van der Waals surface area contributed by atoms with Gasteiger partial charge in [-0.1, -0.05) is 41.5 Å². The van der Waals surface area contributed by atoms with Crippen LogP contribution in [0.1, 0.15) is 95.9 Å². The molecule has 362 valence electrons. The fourth-order valence-electron chi connectivity index (χ4n) is 7.00. The molecule has 3 heterocycles. The molecule has 0 saturated carbocycles. The molecule has 5 rings (SSSR count). The van der Waals surface area contributed by atoms with E-state index in [4.69, 9.17) is 25.1 Å². The SMILES string of the molecule is CC(C)(C)OC(=O)N1CCC(O)(C(CO[Si](C)(C)C(C)(C)C)NC(=O)c2cnn(-c3ccc(F)cc3)c2N)CC1C(CO[Si](C)(C)C(C)(C)C)NC(=O)c1cnn(-c2ccc(F)cc2)c1N. The molecule has 3 amide bonds. The predicted octanol–water partition coefficient (Wildman–Crippen LogP) is 7.57. The summed E-state index contributed by atoms with van der Waals surface area (Å²) in [7, 11) is -5.05. The van der Waals surface area contributed by atoms with Crippen LogP contribution in [-0.2, 0) is 13.6 Å². The van der Waals surface area contributed by atoms with Crippen LogP contribution in [0.5, 0.6) is 0 Å². The number of ether oxygens (including phenoxy) is 1. The van der Waals surface area contributed by atoms with Gasteiger partial charge in [0.1, 0.15) is 40.0 Å². The number of likely N-dealkylation sites (tertiary alicyclic amines) is 1. The molecule has 1 aliphatic heterocycles. The number of nitrogens with one attached hydrogen (secondary N) is 2. The second-order valence-electron chi connectivity index (χ2n) is 21.2. The third-order valence-electron chi connectivity index (χ3n) is 13.2. The van der Waals surface area contributed by atoms with Crippen molar-refractivity contribution in [3.05, 3.63) is 83.7 Å². The van der Waals surface area contributed by atoms with E-state index in [1.54, 1.807) is 20.8 Å². The molecule has 0 radical (unpaired) electrons. The number of benzene rings is 2. The first-order chi connectivity index (χ1) is 30.3. The van der Waals surface area contributed by atoms with Crippen molar-refractivity contribution in [2.45, 2.75) is 141 Å². The number of carbonyl (C=O) groups excluding carboxylic acids is 3. The third kappa shape index (κ3) is 11.9. The van der Waals surface area contributed by atoms with Gasteiger partial charge in [0.2, 0.25) is 0 Å². The molecule has 2 aromatic heterocycles. The monoisotopic (exact) mass is 953 g/mol. The average Bonchev–Trinajstić information content (AvgIpc) is 3.78. The smallest absolute Gasteiger partial charge is 0.410 e. The summed E-state index contributed by atoms with van der Waals surface area (Å²) in [5.74, 6) is -2.22. The van der Waals surface area contributed by atoms with Crippen LogP contribution in [0.3, 0.4) is 0 Å².